The molecule has 0 radical (unpaired) electrons. The van der Waals surface area contributed by atoms with E-state index in [0.717, 1.165) is 12.8 Å². The highest BCUT2D eigenvalue weighted by molar-refractivity contribution is 7.80. The first kappa shape index (κ1) is 29.4. The van der Waals surface area contributed by atoms with E-state index in [4.69, 9.17) is 11.2 Å². The zero-order valence-electron chi connectivity index (χ0n) is 21.3. The Labute approximate surface area is 209 Å². The lowest BCUT2D eigenvalue weighted by Gasteiger charge is -2.37. The van der Waals surface area contributed by atoms with Crippen LogP contribution in [0.4, 0.5) is 4.79 Å². The predicted molar refractivity (Wildman–Crippen MR) is 139 cm³/mol. The Balaban J connectivity index is 3.38. The summed E-state index contributed by atoms with van der Waals surface area (Å²) in [7, 11) is 0. The molecule has 0 saturated carbocycles. The van der Waals surface area contributed by atoms with Crippen molar-refractivity contribution in [2.45, 2.75) is 91.1 Å². The van der Waals surface area contributed by atoms with Crippen LogP contribution >= 0.6 is 12.6 Å². The fourth-order valence-corrected chi connectivity index (χ4v) is 3.77. The number of hydrogen-bond acceptors (Lipinski definition) is 5. The normalized spacial score (nSPS) is 13.9. The lowest BCUT2D eigenvalue weighted by molar-refractivity contribution is -0.144. The number of thiol groups is 1. The first-order valence-electron chi connectivity index (χ1n) is 11.6. The molecule has 1 aromatic rings. The predicted octanol–water partition coefficient (Wildman–Crippen LogP) is 4.07. The molecule has 2 N–H and O–H groups in total. The van der Waals surface area contributed by atoms with E-state index in [1.54, 1.807) is 45.0 Å². The number of rotatable bonds is 10. The van der Waals surface area contributed by atoms with Gasteiger partial charge >= 0.3 is 6.09 Å². The number of nitrogens with zero attached hydrogens (tertiary/aromatic N) is 1. The van der Waals surface area contributed by atoms with E-state index in [1.165, 1.54) is 4.90 Å². The van der Waals surface area contributed by atoms with Crippen LogP contribution in [-0.4, -0.2) is 52.3 Å². The number of benzene rings is 1. The number of ether oxygens (including phenoxy) is 1. The molecule has 1 rings (SSSR count). The first-order chi connectivity index (χ1) is 15.8. The van der Waals surface area contributed by atoms with E-state index in [1.807, 2.05) is 27.7 Å². The van der Waals surface area contributed by atoms with Crippen molar-refractivity contribution in [3.05, 3.63) is 35.4 Å². The van der Waals surface area contributed by atoms with E-state index in [9.17, 15) is 14.4 Å². The van der Waals surface area contributed by atoms with E-state index in [0.29, 0.717) is 11.1 Å². The number of nitrogens with one attached hydrogen (secondary N) is 2. The van der Waals surface area contributed by atoms with E-state index >= 15 is 0 Å². The van der Waals surface area contributed by atoms with Gasteiger partial charge in [0.25, 0.3) is 0 Å². The van der Waals surface area contributed by atoms with Crippen molar-refractivity contribution in [1.29, 1.82) is 0 Å². The maximum absolute atomic E-state index is 13.7. The molecule has 0 saturated heterocycles. The highest BCUT2D eigenvalue weighted by atomic mass is 32.1. The van der Waals surface area contributed by atoms with Gasteiger partial charge in [0.1, 0.15) is 17.7 Å². The smallest absolute Gasteiger partial charge is 0.408 e. The molecule has 0 aliphatic carbocycles. The molecule has 34 heavy (non-hydrogen) atoms. The summed E-state index contributed by atoms with van der Waals surface area (Å²) in [6.45, 7) is 12.8. The molecule has 1 aromatic carbocycles. The third-order valence-electron chi connectivity index (χ3n) is 5.01. The van der Waals surface area contributed by atoms with Gasteiger partial charge in [-0.1, -0.05) is 31.4 Å². The van der Waals surface area contributed by atoms with Gasteiger partial charge in [0.05, 0.1) is 0 Å². The van der Waals surface area contributed by atoms with Crippen LogP contribution in [0.2, 0.25) is 0 Å². The van der Waals surface area contributed by atoms with Crippen molar-refractivity contribution in [3.8, 4) is 12.3 Å². The molecule has 0 aromatic heterocycles. The largest absolute Gasteiger partial charge is 0.444 e. The molecule has 0 aliphatic heterocycles. The van der Waals surface area contributed by atoms with Gasteiger partial charge in [-0.05, 0) is 65.7 Å². The molecule has 8 heteroatoms. The second kappa shape index (κ2) is 13.3. The van der Waals surface area contributed by atoms with Crippen LogP contribution in [0.1, 0.15) is 78.5 Å². The van der Waals surface area contributed by atoms with Crippen molar-refractivity contribution in [3.63, 3.8) is 0 Å². The quantitative estimate of drug-likeness (QED) is 0.341. The maximum atomic E-state index is 13.7. The number of amides is 3. The molecule has 188 valence electrons. The Morgan fingerprint density at radius 3 is 2.15 bits per heavy atom. The Hall–Kier alpha value is -2.66. The zero-order valence-corrected chi connectivity index (χ0v) is 22.2. The molecule has 3 atom stereocenters. The Kier molecular flexibility index (Phi) is 11.5. The molecule has 7 nitrogen and oxygen atoms in total. The maximum Gasteiger partial charge on any atom is 0.408 e. The van der Waals surface area contributed by atoms with Crippen LogP contribution < -0.4 is 10.6 Å². The molecular formula is C26H39N3O4S. The van der Waals surface area contributed by atoms with Gasteiger partial charge in [-0.15, -0.1) is 6.42 Å². The molecule has 0 heterocycles. The lowest BCUT2D eigenvalue weighted by atomic mass is 9.99. The van der Waals surface area contributed by atoms with Crippen LogP contribution in [-0.2, 0) is 14.3 Å². The minimum Gasteiger partial charge on any atom is -0.444 e. The molecule has 0 spiro atoms. The van der Waals surface area contributed by atoms with Gasteiger partial charge in [0.15, 0.2) is 0 Å². The topological polar surface area (TPSA) is 87.7 Å². The SMILES string of the molecule is C#Cc1ccc(C(C(=O)NC(C)CCC)N(C(=O)C(CS)NC(=O)OC(C)(C)C)C(C)C)cc1. The highest BCUT2D eigenvalue weighted by Gasteiger charge is 2.37. The summed E-state index contributed by atoms with van der Waals surface area (Å²) in [5.74, 6) is 1.87. The van der Waals surface area contributed by atoms with Gasteiger partial charge in [0, 0.05) is 23.4 Å². The Bertz CT molecular complexity index is 872. The average Bonchev–Trinajstić information content (AvgIpc) is 2.73. The summed E-state index contributed by atoms with van der Waals surface area (Å²) < 4.78 is 5.31. The van der Waals surface area contributed by atoms with E-state index < -0.39 is 29.7 Å². The number of terminal acetylenes is 1. The highest BCUT2D eigenvalue weighted by Crippen LogP contribution is 2.26. The molecule has 0 fully saturated rings. The van der Waals surface area contributed by atoms with Crippen LogP contribution in [0.25, 0.3) is 0 Å². The number of carbonyl (C=O) groups excluding carboxylic acids is 3. The summed E-state index contributed by atoms with van der Waals surface area (Å²) in [6.07, 6.45) is 6.49. The van der Waals surface area contributed by atoms with Gasteiger partial charge in [-0.2, -0.15) is 12.6 Å². The minimum atomic E-state index is -0.978. The van der Waals surface area contributed by atoms with Crippen LogP contribution in [0.5, 0.6) is 0 Å². The third-order valence-corrected chi connectivity index (χ3v) is 5.38. The molecule has 0 bridgehead atoms. The third kappa shape index (κ3) is 8.94. The van der Waals surface area contributed by atoms with Crippen molar-refractivity contribution < 1.29 is 19.1 Å². The summed E-state index contributed by atoms with van der Waals surface area (Å²) >= 11 is 4.28. The Morgan fingerprint density at radius 1 is 1.12 bits per heavy atom. The lowest BCUT2D eigenvalue weighted by Crippen LogP contribution is -2.56. The van der Waals surface area contributed by atoms with Crippen molar-refractivity contribution in [1.82, 2.24) is 15.5 Å². The molecule has 3 amide bonds. The van der Waals surface area contributed by atoms with E-state index in [-0.39, 0.29) is 23.7 Å². The van der Waals surface area contributed by atoms with Crippen LogP contribution in [0, 0.1) is 12.3 Å². The summed E-state index contributed by atoms with van der Waals surface area (Å²) in [4.78, 5) is 41.0. The molecule has 0 aliphatic rings. The summed E-state index contributed by atoms with van der Waals surface area (Å²) in [5, 5.41) is 5.62. The average molecular weight is 490 g/mol. The van der Waals surface area contributed by atoms with Gasteiger partial charge in [0.2, 0.25) is 11.8 Å². The fourth-order valence-electron chi connectivity index (χ4n) is 3.52. The van der Waals surface area contributed by atoms with Gasteiger partial charge in [-0.3, -0.25) is 9.59 Å². The van der Waals surface area contributed by atoms with E-state index in [2.05, 4.69) is 29.2 Å². The van der Waals surface area contributed by atoms with Gasteiger partial charge < -0.3 is 20.3 Å². The second-order valence-corrected chi connectivity index (χ2v) is 9.95. The van der Waals surface area contributed by atoms with Crippen molar-refractivity contribution in [2.75, 3.05) is 5.75 Å². The van der Waals surface area contributed by atoms with Crippen LogP contribution in [0.15, 0.2) is 24.3 Å². The molecular weight excluding hydrogens is 450 g/mol. The summed E-state index contributed by atoms with van der Waals surface area (Å²) in [6, 6.07) is 4.68. The first-order valence-corrected chi connectivity index (χ1v) is 12.3. The summed E-state index contributed by atoms with van der Waals surface area (Å²) in [5.41, 5.74) is 0.574. The van der Waals surface area contributed by atoms with Crippen molar-refractivity contribution in [2.24, 2.45) is 0 Å². The standard InChI is InChI=1S/C26H39N3O4S/c1-9-11-18(5)27-23(30)22(20-14-12-19(10-2)13-15-20)29(17(3)4)24(31)21(16-34)28-25(32)33-26(6,7)8/h2,12-15,17-18,21-22,34H,9,11,16H2,1,3-8H3,(H,27,30)(H,28,32). The Morgan fingerprint density at radius 2 is 1.71 bits per heavy atom. The monoisotopic (exact) mass is 489 g/mol. The van der Waals surface area contributed by atoms with Gasteiger partial charge in [-0.25, -0.2) is 4.79 Å². The number of carbonyl (C=O) groups is 3. The van der Waals surface area contributed by atoms with Crippen LogP contribution in [0.3, 0.4) is 0 Å². The fraction of sp³-hybridized carbons (Fsp3) is 0.577. The number of alkyl carbamates (subject to hydrolysis) is 1. The van der Waals surface area contributed by atoms with Crippen molar-refractivity contribution >= 4 is 30.5 Å². The second-order valence-electron chi connectivity index (χ2n) is 9.59. The molecule has 3 unspecified atom stereocenters. The minimum absolute atomic E-state index is 0.0396. The zero-order chi connectivity index (χ0) is 26.1. The number of hydrogen-bond donors (Lipinski definition) is 3.